The molecule has 0 saturated carbocycles. The van der Waals surface area contributed by atoms with Gasteiger partial charge in [0.05, 0.1) is 6.54 Å². The van der Waals surface area contributed by atoms with Gasteiger partial charge in [-0.25, -0.2) is 5.06 Å². The van der Waals surface area contributed by atoms with Crippen molar-refractivity contribution in [2.75, 3.05) is 0 Å². The molecule has 1 amide bonds. The monoisotopic (exact) mass is 207 g/mol. The Hall–Kier alpha value is -1.35. The van der Waals surface area contributed by atoms with Crippen molar-refractivity contribution in [1.29, 1.82) is 0 Å². The molecule has 0 fully saturated rings. The summed E-state index contributed by atoms with van der Waals surface area (Å²) >= 11 is 0. The van der Waals surface area contributed by atoms with Gasteiger partial charge < -0.3 is 0 Å². The van der Waals surface area contributed by atoms with Gasteiger partial charge in [0.1, 0.15) is 0 Å². The molecule has 0 heterocycles. The van der Waals surface area contributed by atoms with Gasteiger partial charge in [-0.2, -0.15) is 0 Å². The van der Waals surface area contributed by atoms with Crippen LogP contribution in [0, 0.1) is 5.41 Å². The second-order valence-electron chi connectivity index (χ2n) is 4.60. The summed E-state index contributed by atoms with van der Waals surface area (Å²) in [4.78, 5) is 11.6. The Bertz CT molecular complexity index is 327. The largest absolute Gasteiger partial charge is 0.286 e. The average Bonchev–Trinajstić information content (AvgIpc) is 2.16. The summed E-state index contributed by atoms with van der Waals surface area (Å²) < 4.78 is 0. The molecule has 3 nitrogen and oxygen atoms in total. The minimum atomic E-state index is -0.552. The van der Waals surface area contributed by atoms with E-state index in [0.29, 0.717) is 0 Å². The molecule has 0 saturated heterocycles. The van der Waals surface area contributed by atoms with Crippen LogP contribution in [0.4, 0.5) is 0 Å². The van der Waals surface area contributed by atoms with Crippen LogP contribution in [0.5, 0.6) is 0 Å². The fraction of sp³-hybridized carbons (Fsp3) is 0.417. The molecule has 1 aromatic rings. The van der Waals surface area contributed by atoms with Gasteiger partial charge in [-0.05, 0) is 5.56 Å². The van der Waals surface area contributed by atoms with Crippen molar-refractivity contribution in [3.8, 4) is 0 Å². The quantitative estimate of drug-likeness (QED) is 0.597. The third-order valence-electron chi connectivity index (χ3n) is 2.05. The molecule has 0 unspecified atom stereocenters. The molecule has 3 heteroatoms. The molecule has 1 rings (SSSR count). The molecular formula is C12H17NO2. The normalized spacial score (nSPS) is 11.2. The third-order valence-corrected chi connectivity index (χ3v) is 2.05. The van der Waals surface area contributed by atoms with Gasteiger partial charge >= 0.3 is 0 Å². The van der Waals surface area contributed by atoms with E-state index < -0.39 is 5.41 Å². The van der Waals surface area contributed by atoms with Crippen LogP contribution in [0.15, 0.2) is 30.3 Å². The first-order valence-corrected chi connectivity index (χ1v) is 4.96. The summed E-state index contributed by atoms with van der Waals surface area (Å²) in [5.74, 6) is -0.272. The van der Waals surface area contributed by atoms with Gasteiger partial charge in [0.25, 0.3) is 5.91 Å². The van der Waals surface area contributed by atoms with Crippen molar-refractivity contribution < 1.29 is 10.0 Å². The Morgan fingerprint density at radius 1 is 1.27 bits per heavy atom. The van der Waals surface area contributed by atoms with E-state index in [-0.39, 0.29) is 12.5 Å². The summed E-state index contributed by atoms with van der Waals surface area (Å²) in [6.45, 7) is 5.58. The highest BCUT2D eigenvalue weighted by atomic mass is 16.5. The highest BCUT2D eigenvalue weighted by Crippen LogP contribution is 2.17. The molecule has 0 aromatic heterocycles. The van der Waals surface area contributed by atoms with E-state index in [1.807, 2.05) is 30.3 Å². The highest BCUT2D eigenvalue weighted by Gasteiger charge is 2.26. The van der Waals surface area contributed by atoms with Crippen LogP contribution < -0.4 is 0 Å². The highest BCUT2D eigenvalue weighted by molar-refractivity contribution is 5.80. The van der Waals surface area contributed by atoms with E-state index >= 15 is 0 Å². The Morgan fingerprint density at radius 2 is 1.80 bits per heavy atom. The third kappa shape index (κ3) is 3.36. The molecule has 0 radical (unpaired) electrons. The second kappa shape index (κ2) is 4.45. The Balaban J connectivity index is 2.65. The molecule has 0 atom stereocenters. The number of rotatable bonds is 2. The number of hydroxylamine groups is 2. The van der Waals surface area contributed by atoms with Gasteiger partial charge in [-0.1, -0.05) is 51.1 Å². The smallest absolute Gasteiger partial charge is 0.251 e. The summed E-state index contributed by atoms with van der Waals surface area (Å²) in [5.41, 5.74) is 0.362. The molecule has 1 aromatic carbocycles. The zero-order valence-electron chi connectivity index (χ0n) is 9.40. The van der Waals surface area contributed by atoms with E-state index in [0.717, 1.165) is 10.6 Å². The minimum Gasteiger partial charge on any atom is -0.286 e. The predicted octanol–water partition coefficient (Wildman–Crippen LogP) is 2.45. The van der Waals surface area contributed by atoms with Gasteiger partial charge in [0, 0.05) is 5.41 Å². The van der Waals surface area contributed by atoms with Gasteiger partial charge in [0.2, 0.25) is 0 Å². The molecule has 0 aliphatic carbocycles. The van der Waals surface area contributed by atoms with Crippen LogP contribution in [0.1, 0.15) is 26.3 Å². The standard InChI is InChI=1S/C12H17NO2/c1-12(2,3)11(14)13(15)9-10-7-5-4-6-8-10/h4-8,15H,9H2,1-3H3. The first kappa shape index (κ1) is 11.7. The van der Waals surface area contributed by atoms with Crippen molar-refractivity contribution in [3.63, 3.8) is 0 Å². The average molecular weight is 207 g/mol. The van der Waals surface area contributed by atoms with E-state index in [9.17, 15) is 10.0 Å². The predicted molar refractivity (Wildman–Crippen MR) is 58.2 cm³/mol. The van der Waals surface area contributed by atoms with E-state index in [1.165, 1.54) is 0 Å². The Labute approximate surface area is 90.3 Å². The van der Waals surface area contributed by atoms with E-state index in [1.54, 1.807) is 20.8 Å². The van der Waals surface area contributed by atoms with Crippen molar-refractivity contribution in [1.82, 2.24) is 5.06 Å². The van der Waals surface area contributed by atoms with E-state index in [2.05, 4.69) is 0 Å². The number of hydrogen-bond donors (Lipinski definition) is 1. The summed E-state index contributed by atoms with van der Waals surface area (Å²) in [6.07, 6.45) is 0. The zero-order valence-corrected chi connectivity index (χ0v) is 9.40. The molecule has 0 aliphatic heterocycles. The first-order chi connectivity index (χ1) is 6.91. The zero-order chi connectivity index (χ0) is 11.5. The number of carbonyl (C=O) groups is 1. The lowest BCUT2D eigenvalue weighted by Crippen LogP contribution is -2.36. The molecule has 82 valence electrons. The number of amides is 1. The number of hydrogen-bond acceptors (Lipinski definition) is 2. The lowest BCUT2D eigenvalue weighted by molar-refractivity contribution is -0.177. The fourth-order valence-electron chi connectivity index (χ4n) is 1.22. The maximum Gasteiger partial charge on any atom is 0.251 e. The minimum absolute atomic E-state index is 0.233. The maximum absolute atomic E-state index is 11.6. The summed E-state index contributed by atoms with van der Waals surface area (Å²) in [6, 6.07) is 9.41. The molecule has 1 N–H and O–H groups in total. The lowest BCUT2D eigenvalue weighted by Gasteiger charge is -2.23. The van der Waals surface area contributed by atoms with Crippen LogP contribution in [0.2, 0.25) is 0 Å². The number of benzene rings is 1. The van der Waals surface area contributed by atoms with Crippen LogP contribution >= 0.6 is 0 Å². The van der Waals surface area contributed by atoms with Crippen LogP contribution in [0.25, 0.3) is 0 Å². The topological polar surface area (TPSA) is 40.5 Å². The van der Waals surface area contributed by atoms with E-state index in [4.69, 9.17) is 0 Å². The number of nitrogens with zero attached hydrogens (tertiary/aromatic N) is 1. The van der Waals surface area contributed by atoms with Crippen molar-refractivity contribution in [2.45, 2.75) is 27.3 Å². The van der Waals surface area contributed by atoms with Crippen molar-refractivity contribution in [2.24, 2.45) is 5.41 Å². The van der Waals surface area contributed by atoms with Crippen molar-refractivity contribution in [3.05, 3.63) is 35.9 Å². The van der Waals surface area contributed by atoms with Gasteiger partial charge in [-0.3, -0.25) is 10.0 Å². The first-order valence-electron chi connectivity index (χ1n) is 4.96. The van der Waals surface area contributed by atoms with Crippen LogP contribution in [-0.4, -0.2) is 16.2 Å². The molecule has 0 spiro atoms. The second-order valence-corrected chi connectivity index (χ2v) is 4.60. The van der Waals surface area contributed by atoms with Crippen LogP contribution in [-0.2, 0) is 11.3 Å². The molecule has 15 heavy (non-hydrogen) atoms. The van der Waals surface area contributed by atoms with Crippen molar-refractivity contribution >= 4 is 5.91 Å². The molecule has 0 aliphatic rings. The summed E-state index contributed by atoms with van der Waals surface area (Å²) in [5, 5.41) is 10.4. The fourth-order valence-corrected chi connectivity index (χ4v) is 1.22. The summed E-state index contributed by atoms with van der Waals surface area (Å²) in [7, 11) is 0. The van der Waals surface area contributed by atoms with Crippen LogP contribution in [0.3, 0.4) is 0 Å². The van der Waals surface area contributed by atoms with Gasteiger partial charge in [-0.15, -0.1) is 0 Å². The molecule has 0 bridgehead atoms. The Kier molecular flexibility index (Phi) is 3.48. The number of carbonyl (C=O) groups excluding carboxylic acids is 1. The SMILES string of the molecule is CC(C)(C)C(=O)N(O)Cc1ccccc1. The lowest BCUT2D eigenvalue weighted by atomic mass is 9.95. The maximum atomic E-state index is 11.6. The van der Waals surface area contributed by atoms with Gasteiger partial charge in [0.15, 0.2) is 0 Å². The Morgan fingerprint density at radius 3 is 2.27 bits per heavy atom. The molecular weight excluding hydrogens is 190 g/mol.